The van der Waals surface area contributed by atoms with E-state index in [9.17, 15) is 9.59 Å². The maximum atomic E-state index is 12.3. The first-order valence-electron chi connectivity index (χ1n) is 6.94. The average molecular weight is 351 g/mol. The van der Waals surface area contributed by atoms with Gasteiger partial charge in [0, 0.05) is 18.3 Å². The fourth-order valence-electron chi connectivity index (χ4n) is 1.97. The Kier molecular flexibility index (Phi) is 5.64. The topological polar surface area (TPSA) is 49.4 Å². The van der Waals surface area contributed by atoms with Crippen molar-refractivity contribution in [1.82, 2.24) is 4.90 Å². The number of aryl methyl sites for hydroxylation is 1. The number of carbonyl (C=O) groups excluding carboxylic acids is 2. The summed E-state index contributed by atoms with van der Waals surface area (Å²) >= 11 is 11.7. The predicted octanol–water partition coefficient (Wildman–Crippen LogP) is 4.01. The van der Waals surface area contributed by atoms with Crippen molar-refractivity contribution >= 4 is 40.7 Å². The zero-order valence-corrected chi connectivity index (χ0v) is 14.3. The van der Waals surface area contributed by atoms with Crippen LogP contribution >= 0.6 is 23.2 Å². The van der Waals surface area contributed by atoms with Gasteiger partial charge >= 0.3 is 0 Å². The molecule has 2 rings (SSSR count). The summed E-state index contributed by atoms with van der Waals surface area (Å²) in [4.78, 5) is 25.6. The zero-order chi connectivity index (χ0) is 17.0. The molecular weight excluding hydrogens is 335 g/mol. The Hall–Kier alpha value is -2.04. The number of likely N-dealkylation sites (N-methyl/N-ethyl adjacent to an activating group) is 1. The molecule has 0 fully saturated rings. The third-order valence-electron chi connectivity index (χ3n) is 3.23. The molecule has 4 nitrogen and oxygen atoms in total. The molecule has 0 heterocycles. The van der Waals surface area contributed by atoms with E-state index in [0.29, 0.717) is 21.3 Å². The van der Waals surface area contributed by atoms with Crippen molar-refractivity contribution in [3.05, 3.63) is 63.6 Å². The lowest BCUT2D eigenvalue weighted by Crippen LogP contribution is -2.34. The second kappa shape index (κ2) is 7.49. The van der Waals surface area contributed by atoms with Gasteiger partial charge in [0.2, 0.25) is 5.91 Å². The van der Waals surface area contributed by atoms with Crippen molar-refractivity contribution in [2.75, 3.05) is 18.9 Å². The molecule has 2 aromatic carbocycles. The standard InChI is InChI=1S/C17H16Cl2N2O2/c1-11-3-6-13(7-4-11)20-16(22)10-21(2)17(23)12-5-8-14(18)15(19)9-12/h3-9H,10H2,1-2H3,(H,20,22). The number of hydrogen-bond acceptors (Lipinski definition) is 2. The van der Waals surface area contributed by atoms with Gasteiger partial charge in [0.15, 0.2) is 0 Å². The smallest absolute Gasteiger partial charge is 0.254 e. The van der Waals surface area contributed by atoms with E-state index >= 15 is 0 Å². The maximum Gasteiger partial charge on any atom is 0.254 e. The van der Waals surface area contributed by atoms with Gasteiger partial charge in [-0.15, -0.1) is 0 Å². The SMILES string of the molecule is Cc1ccc(NC(=O)CN(C)C(=O)c2ccc(Cl)c(Cl)c2)cc1. The van der Waals surface area contributed by atoms with Crippen molar-refractivity contribution in [1.29, 1.82) is 0 Å². The normalized spacial score (nSPS) is 10.3. The molecule has 0 aliphatic carbocycles. The fraction of sp³-hybridized carbons (Fsp3) is 0.176. The summed E-state index contributed by atoms with van der Waals surface area (Å²) in [5.74, 6) is -0.576. The number of benzene rings is 2. The van der Waals surface area contributed by atoms with E-state index in [1.165, 1.54) is 11.0 Å². The summed E-state index contributed by atoms with van der Waals surface area (Å²) in [6.07, 6.45) is 0. The molecule has 2 amide bonds. The van der Waals surface area contributed by atoms with Gasteiger partial charge in [-0.25, -0.2) is 0 Å². The number of anilines is 1. The number of nitrogens with one attached hydrogen (secondary N) is 1. The van der Waals surface area contributed by atoms with Crippen LogP contribution in [0.5, 0.6) is 0 Å². The molecule has 0 unspecified atom stereocenters. The summed E-state index contributed by atoms with van der Waals surface area (Å²) in [5, 5.41) is 3.43. The fourth-order valence-corrected chi connectivity index (χ4v) is 2.27. The summed E-state index contributed by atoms with van der Waals surface area (Å²) in [7, 11) is 1.56. The Morgan fingerprint density at radius 1 is 1.04 bits per heavy atom. The Morgan fingerprint density at radius 3 is 2.30 bits per heavy atom. The molecule has 1 N–H and O–H groups in total. The van der Waals surface area contributed by atoms with Crippen molar-refractivity contribution in [2.24, 2.45) is 0 Å². The molecule has 0 aliphatic rings. The number of halogens is 2. The van der Waals surface area contributed by atoms with Gasteiger partial charge in [-0.1, -0.05) is 40.9 Å². The third-order valence-corrected chi connectivity index (χ3v) is 3.97. The van der Waals surface area contributed by atoms with E-state index in [-0.39, 0.29) is 18.4 Å². The Morgan fingerprint density at radius 2 is 1.70 bits per heavy atom. The maximum absolute atomic E-state index is 12.3. The lowest BCUT2D eigenvalue weighted by atomic mass is 10.2. The van der Waals surface area contributed by atoms with Gasteiger partial charge in [-0.05, 0) is 37.3 Å². The molecule has 0 aromatic heterocycles. The second-order valence-corrected chi connectivity index (χ2v) is 6.02. The molecule has 2 aromatic rings. The van der Waals surface area contributed by atoms with E-state index in [4.69, 9.17) is 23.2 Å². The van der Waals surface area contributed by atoms with Crippen molar-refractivity contribution < 1.29 is 9.59 Å². The highest BCUT2D eigenvalue weighted by molar-refractivity contribution is 6.42. The van der Waals surface area contributed by atoms with Crippen LogP contribution in [0, 0.1) is 6.92 Å². The van der Waals surface area contributed by atoms with Crippen LogP contribution in [-0.2, 0) is 4.79 Å². The van der Waals surface area contributed by atoms with Crippen LogP contribution in [0.3, 0.4) is 0 Å². The number of carbonyl (C=O) groups is 2. The molecule has 0 atom stereocenters. The van der Waals surface area contributed by atoms with Crippen LogP contribution in [-0.4, -0.2) is 30.3 Å². The molecule has 120 valence electrons. The van der Waals surface area contributed by atoms with Gasteiger partial charge in [-0.2, -0.15) is 0 Å². The molecule has 0 radical (unpaired) electrons. The first-order chi connectivity index (χ1) is 10.9. The van der Waals surface area contributed by atoms with Crippen molar-refractivity contribution in [3.8, 4) is 0 Å². The number of rotatable bonds is 4. The van der Waals surface area contributed by atoms with Gasteiger partial charge < -0.3 is 10.2 Å². The zero-order valence-electron chi connectivity index (χ0n) is 12.8. The quantitative estimate of drug-likeness (QED) is 0.905. The first kappa shape index (κ1) is 17.3. The van der Waals surface area contributed by atoms with Crippen LogP contribution in [0.25, 0.3) is 0 Å². The van der Waals surface area contributed by atoms with Gasteiger partial charge in [0.25, 0.3) is 5.91 Å². The average Bonchev–Trinajstić information content (AvgIpc) is 2.51. The van der Waals surface area contributed by atoms with Crippen LogP contribution in [0.1, 0.15) is 15.9 Å². The number of nitrogens with zero attached hydrogens (tertiary/aromatic N) is 1. The van der Waals surface area contributed by atoms with Gasteiger partial charge in [-0.3, -0.25) is 9.59 Å². The molecule has 23 heavy (non-hydrogen) atoms. The molecule has 0 saturated carbocycles. The molecule has 6 heteroatoms. The number of hydrogen-bond donors (Lipinski definition) is 1. The van der Waals surface area contributed by atoms with Gasteiger partial charge in [0.05, 0.1) is 16.6 Å². The minimum absolute atomic E-state index is 0.0625. The highest BCUT2D eigenvalue weighted by Crippen LogP contribution is 2.23. The first-order valence-corrected chi connectivity index (χ1v) is 7.69. The lowest BCUT2D eigenvalue weighted by molar-refractivity contribution is -0.116. The van der Waals surface area contributed by atoms with Gasteiger partial charge in [0.1, 0.15) is 0 Å². The summed E-state index contributed by atoms with van der Waals surface area (Å²) in [6.45, 7) is 1.91. The molecule has 0 aliphatic heterocycles. The van der Waals surface area contributed by atoms with E-state index in [2.05, 4.69) is 5.32 Å². The minimum atomic E-state index is -0.303. The van der Waals surface area contributed by atoms with Crippen LogP contribution in [0.2, 0.25) is 10.0 Å². The Bertz CT molecular complexity index is 730. The minimum Gasteiger partial charge on any atom is -0.332 e. The van der Waals surface area contributed by atoms with Crippen molar-refractivity contribution in [3.63, 3.8) is 0 Å². The highest BCUT2D eigenvalue weighted by Gasteiger charge is 2.16. The Balaban J connectivity index is 1.98. The molecular formula is C17H16Cl2N2O2. The molecule has 0 spiro atoms. The lowest BCUT2D eigenvalue weighted by Gasteiger charge is -2.17. The summed E-state index contributed by atoms with van der Waals surface area (Å²) < 4.78 is 0. The van der Waals surface area contributed by atoms with Crippen molar-refractivity contribution in [2.45, 2.75) is 6.92 Å². The summed E-state index contributed by atoms with van der Waals surface area (Å²) in [5.41, 5.74) is 2.18. The van der Waals surface area contributed by atoms with E-state index in [0.717, 1.165) is 5.56 Å². The largest absolute Gasteiger partial charge is 0.332 e. The van der Waals surface area contributed by atoms with E-state index in [1.54, 1.807) is 19.2 Å². The second-order valence-electron chi connectivity index (χ2n) is 5.20. The summed E-state index contributed by atoms with van der Waals surface area (Å²) in [6, 6.07) is 12.0. The number of amides is 2. The van der Waals surface area contributed by atoms with E-state index in [1.807, 2.05) is 31.2 Å². The third kappa shape index (κ3) is 4.71. The molecule has 0 saturated heterocycles. The Labute approximate surface area is 145 Å². The predicted molar refractivity (Wildman–Crippen MR) is 93.2 cm³/mol. The van der Waals surface area contributed by atoms with Crippen LogP contribution < -0.4 is 5.32 Å². The monoisotopic (exact) mass is 350 g/mol. The van der Waals surface area contributed by atoms with E-state index < -0.39 is 0 Å². The van der Waals surface area contributed by atoms with Crippen LogP contribution in [0.4, 0.5) is 5.69 Å². The molecule has 0 bridgehead atoms. The van der Waals surface area contributed by atoms with Crippen LogP contribution in [0.15, 0.2) is 42.5 Å². The highest BCUT2D eigenvalue weighted by atomic mass is 35.5.